The number of carboxylic acids is 1. The van der Waals surface area contributed by atoms with Gasteiger partial charge in [-0.25, -0.2) is 4.79 Å². The first-order chi connectivity index (χ1) is 6.77. The van der Waals surface area contributed by atoms with E-state index in [9.17, 15) is 4.79 Å². The quantitative estimate of drug-likeness (QED) is 0.738. The van der Waals surface area contributed by atoms with Crippen LogP contribution < -0.4 is 5.48 Å². The smallest absolute Gasteiger partial charge is 0.354 e. The first-order valence-corrected chi connectivity index (χ1v) is 4.19. The second-order valence-electron chi connectivity index (χ2n) is 2.94. The van der Waals surface area contributed by atoms with Gasteiger partial charge >= 0.3 is 5.97 Å². The maximum Gasteiger partial charge on any atom is 0.354 e. The van der Waals surface area contributed by atoms with Crippen LogP contribution in [0.4, 0.5) is 0 Å². The Morgan fingerprint density at radius 1 is 1.36 bits per heavy atom. The summed E-state index contributed by atoms with van der Waals surface area (Å²) >= 11 is 0. The highest BCUT2D eigenvalue weighted by Crippen LogP contribution is 2.23. The first kappa shape index (κ1) is 8.77. The number of carboxylic acid groups (broad SMARTS) is 1. The minimum absolute atomic E-state index is 0.0823. The van der Waals surface area contributed by atoms with E-state index in [0.717, 1.165) is 5.56 Å². The highest BCUT2D eigenvalue weighted by molar-refractivity contribution is 5.86. The lowest BCUT2D eigenvalue weighted by atomic mass is 10.1. The van der Waals surface area contributed by atoms with Crippen molar-refractivity contribution < 1.29 is 14.7 Å². The Labute approximate surface area is 80.8 Å². The van der Waals surface area contributed by atoms with Crippen LogP contribution in [-0.2, 0) is 9.63 Å². The van der Waals surface area contributed by atoms with E-state index in [2.05, 4.69) is 5.48 Å². The lowest BCUT2D eigenvalue weighted by Gasteiger charge is -2.06. The zero-order valence-electron chi connectivity index (χ0n) is 7.31. The number of nitrogens with one attached hydrogen (secondary N) is 1. The van der Waals surface area contributed by atoms with E-state index < -0.39 is 5.97 Å². The lowest BCUT2D eigenvalue weighted by Crippen LogP contribution is -2.14. The minimum atomic E-state index is -1.01. The number of hydrogen-bond donors (Lipinski definition) is 2. The Balaban J connectivity index is 2.20. The molecule has 72 valence electrons. The summed E-state index contributed by atoms with van der Waals surface area (Å²) in [5, 5.41) is 8.67. The third-order valence-corrected chi connectivity index (χ3v) is 1.97. The highest BCUT2D eigenvalue weighted by atomic mass is 16.7. The molecule has 1 heterocycles. The molecule has 1 aromatic carbocycles. The fraction of sp³-hybridized carbons (Fsp3) is 0.100. The van der Waals surface area contributed by atoms with Crippen molar-refractivity contribution >= 4 is 5.97 Å². The van der Waals surface area contributed by atoms with E-state index in [1.54, 1.807) is 0 Å². The molecule has 1 aliphatic heterocycles. The molecule has 0 spiro atoms. The van der Waals surface area contributed by atoms with Crippen LogP contribution in [0, 0.1) is 0 Å². The summed E-state index contributed by atoms with van der Waals surface area (Å²) in [6.07, 6.45) is 1.22. The van der Waals surface area contributed by atoms with Gasteiger partial charge in [0, 0.05) is 0 Å². The van der Waals surface area contributed by atoms with Crippen LogP contribution in [0.2, 0.25) is 0 Å². The molecule has 0 aliphatic carbocycles. The van der Waals surface area contributed by atoms with Crippen molar-refractivity contribution in [3.63, 3.8) is 0 Å². The molecule has 2 rings (SSSR count). The summed E-state index contributed by atoms with van der Waals surface area (Å²) < 4.78 is 0. The van der Waals surface area contributed by atoms with Crippen LogP contribution in [0.3, 0.4) is 0 Å². The van der Waals surface area contributed by atoms with Crippen molar-refractivity contribution in [1.29, 1.82) is 0 Å². The van der Waals surface area contributed by atoms with Gasteiger partial charge in [-0.05, 0) is 11.6 Å². The maximum atomic E-state index is 10.6. The molecule has 0 bridgehead atoms. The second kappa shape index (κ2) is 3.51. The second-order valence-corrected chi connectivity index (χ2v) is 2.94. The standard InChI is InChI=1S/C10H9NO3/c12-10(13)8-6-9(14-11-8)7-4-2-1-3-5-7/h1-6,9,11H,(H,12,13). The number of aliphatic carboxylic acids is 1. The van der Waals surface area contributed by atoms with Gasteiger partial charge in [-0.1, -0.05) is 30.3 Å². The highest BCUT2D eigenvalue weighted by Gasteiger charge is 2.21. The van der Waals surface area contributed by atoms with Crippen molar-refractivity contribution in [3.05, 3.63) is 47.7 Å². The van der Waals surface area contributed by atoms with E-state index in [-0.39, 0.29) is 11.8 Å². The van der Waals surface area contributed by atoms with Gasteiger partial charge in [0.25, 0.3) is 0 Å². The van der Waals surface area contributed by atoms with Crippen LogP contribution in [0.1, 0.15) is 11.7 Å². The summed E-state index contributed by atoms with van der Waals surface area (Å²) in [6.45, 7) is 0. The van der Waals surface area contributed by atoms with Crippen LogP contribution in [-0.4, -0.2) is 11.1 Å². The number of hydrogen-bond acceptors (Lipinski definition) is 3. The number of rotatable bonds is 2. The molecule has 0 aromatic heterocycles. The van der Waals surface area contributed by atoms with Crippen LogP contribution >= 0.6 is 0 Å². The molecule has 4 nitrogen and oxygen atoms in total. The molecule has 1 atom stereocenters. The lowest BCUT2D eigenvalue weighted by molar-refractivity contribution is -0.134. The Bertz CT molecular complexity index is 372. The Morgan fingerprint density at radius 2 is 2.07 bits per heavy atom. The average Bonchev–Trinajstić information content (AvgIpc) is 2.68. The molecule has 2 N–H and O–H groups in total. The van der Waals surface area contributed by atoms with Crippen molar-refractivity contribution in [3.8, 4) is 0 Å². The average molecular weight is 191 g/mol. The number of carbonyl (C=O) groups is 1. The largest absolute Gasteiger partial charge is 0.477 e. The SMILES string of the molecule is O=C(O)C1=CC(c2ccccc2)ON1. The van der Waals surface area contributed by atoms with Gasteiger partial charge in [0.1, 0.15) is 11.8 Å². The Morgan fingerprint density at radius 3 is 2.64 bits per heavy atom. The predicted octanol–water partition coefficient (Wildman–Crippen LogP) is 1.23. The van der Waals surface area contributed by atoms with Crippen molar-refractivity contribution in [2.75, 3.05) is 0 Å². The van der Waals surface area contributed by atoms with Gasteiger partial charge < -0.3 is 5.11 Å². The molecule has 4 heteroatoms. The zero-order valence-corrected chi connectivity index (χ0v) is 7.31. The van der Waals surface area contributed by atoms with Crippen LogP contribution in [0.5, 0.6) is 0 Å². The summed E-state index contributed by atoms with van der Waals surface area (Å²) in [5.74, 6) is -1.01. The third-order valence-electron chi connectivity index (χ3n) is 1.97. The minimum Gasteiger partial charge on any atom is -0.477 e. The molecule has 1 aromatic rings. The molecule has 1 aliphatic rings. The fourth-order valence-corrected chi connectivity index (χ4v) is 1.27. The van der Waals surface area contributed by atoms with E-state index >= 15 is 0 Å². The third kappa shape index (κ3) is 1.60. The molecule has 0 saturated carbocycles. The zero-order chi connectivity index (χ0) is 9.97. The fourth-order valence-electron chi connectivity index (χ4n) is 1.27. The molecule has 0 saturated heterocycles. The summed E-state index contributed by atoms with van der Waals surface area (Å²) in [7, 11) is 0. The molecular formula is C10H9NO3. The normalized spacial score (nSPS) is 20.0. The molecule has 14 heavy (non-hydrogen) atoms. The van der Waals surface area contributed by atoms with E-state index in [4.69, 9.17) is 9.94 Å². The Hall–Kier alpha value is -1.81. The maximum absolute atomic E-state index is 10.6. The number of benzene rings is 1. The van der Waals surface area contributed by atoms with Gasteiger partial charge in [-0.3, -0.25) is 10.3 Å². The van der Waals surface area contributed by atoms with E-state index in [1.807, 2.05) is 30.3 Å². The molecular weight excluding hydrogens is 182 g/mol. The first-order valence-electron chi connectivity index (χ1n) is 4.19. The monoisotopic (exact) mass is 191 g/mol. The van der Waals surface area contributed by atoms with Crippen molar-refractivity contribution in [2.24, 2.45) is 0 Å². The van der Waals surface area contributed by atoms with Crippen molar-refractivity contribution in [2.45, 2.75) is 6.10 Å². The van der Waals surface area contributed by atoms with Gasteiger partial charge in [0.05, 0.1) is 0 Å². The van der Waals surface area contributed by atoms with Gasteiger partial charge in [0.2, 0.25) is 0 Å². The predicted molar refractivity (Wildman–Crippen MR) is 49.1 cm³/mol. The Kier molecular flexibility index (Phi) is 2.20. The summed E-state index contributed by atoms with van der Waals surface area (Å²) in [6, 6.07) is 9.42. The van der Waals surface area contributed by atoms with Crippen LogP contribution in [0.25, 0.3) is 0 Å². The molecule has 0 amide bonds. The van der Waals surface area contributed by atoms with Crippen LogP contribution in [0.15, 0.2) is 42.1 Å². The van der Waals surface area contributed by atoms with Gasteiger partial charge in [-0.2, -0.15) is 0 Å². The molecule has 0 fully saturated rings. The summed E-state index contributed by atoms with van der Waals surface area (Å²) in [5.41, 5.74) is 3.38. The van der Waals surface area contributed by atoms with E-state index in [1.165, 1.54) is 6.08 Å². The van der Waals surface area contributed by atoms with Gasteiger partial charge in [-0.15, -0.1) is 0 Å². The molecule has 1 unspecified atom stereocenters. The van der Waals surface area contributed by atoms with Gasteiger partial charge in [0.15, 0.2) is 0 Å². The van der Waals surface area contributed by atoms with E-state index in [0.29, 0.717) is 0 Å². The summed E-state index contributed by atoms with van der Waals surface area (Å²) in [4.78, 5) is 15.7. The van der Waals surface area contributed by atoms with Crippen molar-refractivity contribution in [1.82, 2.24) is 5.48 Å². The number of hydroxylamine groups is 1. The molecule has 0 radical (unpaired) electrons. The topological polar surface area (TPSA) is 58.6 Å².